The van der Waals surface area contributed by atoms with Gasteiger partial charge in [-0.05, 0) is 39.7 Å². The smallest absolute Gasteiger partial charge is 0.399 e. The van der Waals surface area contributed by atoms with E-state index in [9.17, 15) is 0 Å². The Morgan fingerprint density at radius 2 is 1.70 bits per heavy atom. The van der Waals surface area contributed by atoms with Gasteiger partial charge in [0.2, 0.25) is 0 Å². The second-order valence-electron chi connectivity index (χ2n) is 7.18. The van der Waals surface area contributed by atoms with Crippen LogP contribution >= 0.6 is 0 Å². The molecule has 0 N–H and O–H groups in total. The topological polar surface area (TPSA) is 36.3 Å². The number of hydrogen-bond acceptors (Lipinski definition) is 3. The van der Waals surface area contributed by atoms with Gasteiger partial charge in [0.15, 0.2) is 0 Å². The second-order valence-corrected chi connectivity index (χ2v) is 7.18. The fourth-order valence-corrected chi connectivity index (χ4v) is 2.87. The predicted octanol–water partition coefficient (Wildman–Crippen LogP) is 3.18. The van der Waals surface area contributed by atoms with Crippen LogP contribution < -0.4 is 5.46 Å². The van der Waals surface area contributed by atoms with Gasteiger partial charge in [0.25, 0.3) is 0 Å². The zero-order valence-electron chi connectivity index (χ0n) is 14.6. The minimum absolute atomic E-state index is 0.229. The molecule has 1 saturated heterocycles. The molecule has 3 rings (SSSR count). The SMILES string of the molecule is CC[C@@H](c1ccccc1)n1cc(B2OC(C)(C)C(C)(C)O2)cn1. The minimum atomic E-state index is -0.359. The summed E-state index contributed by atoms with van der Waals surface area (Å²) in [4.78, 5) is 0. The summed E-state index contributed by atoms with van der Waals surface area (Å²) in [6.45, 7) is 10.4. The molecule has 2 aromatic rings. The molecule has 1 fully saturated rings. The third kappa shape index (κ3) is 2.95. The normalized spacial score (nSPS) is 20.7. The Balaban J connectivity index is 1.84. The van der Waals surface area contributed by atoms with E-state index >= 15 is 0 Å². The van der Waals surface area contributed by atoms with Gasteiger partial charge >= 0.3 is 7.12 Å². The van der Waals surface area contributed by atoms with Crippen LogP contribution in [0.5, 0.6) is 0 Å². The first-order valence-corrected chi connectivity index (χ1v) is 8.28. The number of nitrogens with zero attached hydrogens (tertiary/aromatic N) is 2. The molecule has 2 heterocycles. The molecule has 1 aromatic carbocycles. The maximum absolute atomic E-state index is 6.11. The Hall–Kier alpha value is -1.59. The van der Waals surface area contributed by atoms with Gasteiger partial charge in [-0.2, -0.15) is 5.10 Å². The molecule has 5 heteroatoms. The molecule has 0 spiro atoms. The Morgan fingerprint density at radius 3 is 2.26 bits per heavy atom. The Bertz CT molecular complexity index is 651. The Labute approximate surface area is 138 Å². The molecule has 0 unspecified atom stereocenters. The van der Waals surface area contributed by atoms with E-state index in [1.54, 1.807) is 0 Å². The summed E-state index contributed by atoms with van der Waals surface area (Å²) in [7, 11) is -0.359. The van der Waals surface area contributed by atoms with Crippen molar-refractivity contribution in [2.75, 3.05) is 0 Å². The van der Waals surface area contributed by atoms with Crippen molar-refractivity contribution in [3.63, 3.8) is 0 Å². The van der Waals surface area contributed by atoms with Gasteiger partial charge < -0.3 is 9.31 Å². The summed E-state index contributed by atoms with van der Waals surface area (Å²) in [5.41, 5.74) is 1.57. The lowest BCUT2D eigenvalue weighted by molar-refractivity contribution is 0.00578. The van der Waals surface area contributed by atoms with Gasteiger partial charge in [-0.3, -0.25) is 4.68 Å². The van der Waals surface area contributed by atoms with Crippen LogP contribution in [0, 0.1) is 0 Å². The highest BCUT2D eigenvalue weighted by molar-refractivity contribution is 6.62. The van der Waals surface area contributed by atoms with Crippen LogP contribution in [0.25, 0.3) is 0 Å². The van der Waals surface area contributed by atoms with Gasteiger partial charge in [0.1, 0.15) is 0 Å². The van der Waals surface area contributed by atoms with Gasteiger partial charge in [-0.15, -0.1) is 0 Å². The third-order valence-corrected chi connectivity index (χ3v) is 5.04. The minimum Gasteiger partial charge on any atom is -0.399 e. The molecule has 0 bridgehead atoms. The predicted molar refractivity (Wildman–Crippen MR) is 92.8 cm³/mol. The number of rotatable bonds is 4. The van der Waals surface area contributed by atoms with Crippen molar-refractivity contribution in [2.24, 2.45) is 0 Å². The molecule has 0 aliphatic carbocycles. The summed E-state index contributed by atoms with van der Waals surface area (Å²) in [5, 5.41) is 4.56. The molecule has 0 amide bonds. The lowest BCUT2D eigenvalue weighted by atomic mass is 9.82. The summed E-state index contributed by atoms with van der Waals surface area (Å²) in [5.74, 6) is 0. The average molecular weight is 312 g/mol. The molecule has 1 aliphatic rings. The zero-order chi connectivity index (χ0) is 16.7. The summed E-state index contributed by atoms with van der Waals surface area (Å²) < 4.78 is 14.2. The molecular weight excluding hydrogens is 287 g/mol. The highest BCUT2D eigenvalue weighted by Crippen LogP contribution is 2.36. The molecule has 1 aliphatic heterocycles. The standard InChI is InChI=1S/C18H25BN2O2/c1-6-16(14-10-8-7-9-11-14)21-13-15(12-20-21)19-22-17(2,3)18(4,5)23-19/h7-13,16H,6H2,1-5H3/t16-/m0/s1. The van der Waals surface area contributed by atoms with Crippen LogP contribution in [0.15, 0.2) is 42.7 Å². The van der Waals surface area contributed by atoms with E-state index in [2.05, 4.69) is 64.0 Å². The number of hydrogen-bond donors (Lipinski definition) is 0. The van der Waals surface area contributed by atoms with Gasteiger partial charge in [0, 0.05) is 17.9 Å². The Morgan fingerprint density at radius 1 is 1.09 bits per heavy atom. The van der Waals surface area contributed by atoms with Crippen molar-refractivity contribution < 1.29 is 9.31 Å². The second kappa shape index (κ2) is 5.80. The van der Waals surface area contributed by atoms with Crippen LogP contribution in [0.1, 0.15) is 52.6 Å². The van der Waals surface area contributed by atoms with Crippen LogP contribution in [0.3, 0.4) is 0 Å². The molecular formula is C18H25BN2O2. The quantitative estimate of drug-likeness (QED) is 0.814. The molecule has 4 nitrogen and oxygen atoms in total. The third-order valence-electron chi connectivity index (χ3n) is 5.04. The van der Waals surface area contributed by atoms with Crippen molar-refractivity contribution in [3.05, 3.63) is 48.3 Å². The summed E-state index contributed by atoms with van der Waals surface area (Å²) in [6.07, 6.45) is 4.88. The average Bonchev–Trinajstić information content (AvgIpc) is 3.05. The van der Waals surface area contributed by atoms with Crippen LogP contribution in [0.2, 0.25) is 0 Å². The van der Waals surface area contributed by atoms with E-state index in [1.807, 2.05) is 23.1 Å². The fraction of sp³-hybridized carbons (Fsp3) is 0.500. The first-order valence-electron chi connectivity index (χ1n) is 8.28. The number of aromatic nitrogens is 2. The first-order chi connectivity index (χ1) is 10.8. The molecule has 122 valence electrons. The summed E-state index contributed by atoms with van der Waals surface area (Å²) in [6, 6.07) is 10.7. The lowest BCUT2D eigenvalue weighted by Crippen LogP contribution is -2.41. The zero-order valence-corrected chi connectivity index (χ0v) is 14.6. The van der Waals surface area contributed by atoms with E-state index in [0.717, 1.165) is 11.9 Å². The monoisotopic (exact) mass is 312 g/mol. The van der Waals surface area contributed by atoms with E-state index in [0.29, 0.717) is 0 Å². The van der Waals surface area contributed by atoms with Crippen LogP contribution in [0.4, 0.5) is 0 Å². The van der Waals surface area contributed by atoms with Crippen molar-refractivity contribution in [3.8, 4) is 0 Å². The highest BCUT2D eigenvalue weighted by Gasteiger charge is 2.52. The first kappa shape index (κ1) is 16.3. The maximum Gasteiger partial charge on any atom is 0.498 e. The van der Waals surface area contributed by atoms with E-state index in [-0.39, 0.29) is 24.4 Å². The molecule has 1 aromatic heterocycles. The van der Waals surface area contributed by atoms with E-state index < -0.39 is 0 Å². The fourth-order valence-electron chi connectivity index (χ4n) is 2.87. The number of benzene rings is 1. The van der Waals surface area contributed by atoms with Crippen molar-refractivity contribution in [1.82, 2.24) is 9.78 Å². The molecule has 23 heavy (non-hydrogen) atoms. The highest BCUT2D eigenvalue weighted by atomic mass is 16.7. The summed E-state index contributed by atoms with van der Waals surface area (Å²) >= 11 is 0. The van der Waals surface area contributed by atoms with Gasteiger partial charge in [0.05, 0.1) is 17.2 Å². The molecule has 0 saturated carbocycles. The van der Waals surface area contributed by atoms with E-state index in [4.69, 9.17) is 9.31 Å². The largest absolute Gasteiger partial charge is 0.498 e. The van der Waals surface area contributed by atoms with Crippen molar-refractivity contribution in [1.29, 1.82) is 0 Å². The van der Waals surface area contributed by atoms with Gasteiger partial charge in [-0.1, -0.05) is 37.3 Å². The van der Waals surface area contributed by atoms with Crippen molar-refractivity contribution in [2.45, 2.75) is 58.3 Å². The van der Waals surface area contributed by atoms with Gasteiger partial charge in [-0.25, -0.2) is 0 Å². The van der Waals surface area contributed by atoms with Crippen molar-refractivity contribution >= 4 is 12.6 Å². The lowest BCUT2D eigenvalue weighted by Gasteiger charge is -2.32. The Kier molecular flexibility index (Phi) is 4.11. The maximum atomic E-state index is 6.11. The molecule has 0 radical (unpaired) electrons. The van der Waals surface area contributed by atoms with Crippen LogP contribution in [-0.4, -0.2) is 28.1 Å². The van der Waals surface area contributed by atoms with E-state index in [1.165, 1.54) is 5.56 Å². The van der Waals surface area contributed by atoms with Crippen LogP contribution in [-0.2, 0) is 9.31 Å². The molecule has 1 atom stereocenters.